The van der Waals surface area contributed by atoms with Crippen LogP contribution in [-0.2, 0) is 0 Å². The first-order valence-corrected chi connectivity index (χ1v) is 7.97. The van der Waals surface area contributed by atoms with Crippen LogP contribution < -0.4 is 5.32 Å². The van der Waals surface area contributed by atoms with Crippen LogP contribution in [0.2, 0.25) is 0 Å². The molecule has 1 aliphatic rings. The van der Waals surface area contributed by atoms with E-state index in [1.54, 1.807) is 0 Å². The van der Waals surface area contributed by atoms with Gasteiger partial charge in [-0.2, -0.15) is 0 Å². The highest BCUT2D eigenvalue weighted by Gasteiger charge is 2.42. The molecule has 19 heavy (non-hydrogen) atoms. The highest BCUT2D eigenvalue weighted by Crippen LogP contribution is 2.39. The van der Waals surface area contributed by atoms with Crippen LogP contribution in [0.15, 0.2) is 12.2 Å². The van der Waals surface area contributed by atoms with Crippen molar-refractivity contribution in [3.63, 3.8) is 0 Å². The summed E-state index contributed by atoms with van der Waals surface area (Å²) >= 11 is 0. The second-order valence-corrected chi connectivity index (χ2v) is 6.81. The summed E-state index contributed by atoms with van der Waals surface area (Å²) in [5, 5.41) is 3.77. The van der Waals surface area contributed by atoms with E-state index >= 15 is 0 Å². The number of hydrogen-bond donors (Lipinski definition) is 1. The Labute approximate surface area is 120 Å². The number of nitrogens with zero attached hydrogens (tertiary/aromatic N) is 1. The minimum absolute atomic E-state index is 0.336. The monoisotopic (exact) mass is 266 g/mol. The van der Waals surface area contributed by atoms with Gasteiger partial charge in [0, 0.05) is 11.6 Å². The quantitative estimate of drug-likeness (QED) is 0.705. The molecule has 0 saturated heterocycles. The average Bonchev–Trinajstić information content (AvgIpc) is 2.33. The Morgan fingerprint density at radius 1 is 1.47 bits per heavy atom. The lowest BCUT2D eigenvalue weighted by Gasteiger charge is -2.50. The van der Waals surface area contributed by atoms with E-state index in [-0.39, 0.29) is 0 Å². The Kier molecular flexibility index (Phi) is 6.55. The Hall–Kier alpha value is -0.340. The second kappa shape index (κ2) is 7.44. The number of rotatable bonds is 7. The molecule has 1 saturated carbocycles. The van der Waals surface area contributed by atoms with Gasteiger partial charge < -0.3 is 10.2 Å². The summed E-state index contributed by atoms with van der Waals surface area (Å²) in [6, 6.07) is 0.590. The van der Waals surface area contributed by atoms with E-state index in [1.165, 1.54) is 37.7 Å². The van der Waals surface area contributed by atoms with Gasteiger partial charge in [-0.3, -0.25) is 0 Å². The Bertz CT molecular complexity index is 285. The first-order valence-electron chi connectivity index (χ1n) is 7.97. The number of hydrogen-bond acceptors (Lipinski definition) is 2. The van der Waals surface area contributed by atoms with E-state index in [0.29, 0.717) is 11.6 Å². The normalized spacial score (nSPS) is 29.5. The maximum absolute atomic E-state index is 4.07. The molecule has 0 aromatic carbocycles. The molecule has 0 heterocycles. The van der Waals surface area contributed by atoms with Crippen molar-refractivity contribution in [1.82, 2.24) is 10.2 Å². The predicted molar refractivity (Wildman–Crippen MR) is 85.6 cm³/mol. The zero-order valence-corrected chi connectivity index (χ0v) is 13.8. The molecule has 3 unspecified atom stereocenters. The maximum Gasteiger partial charge on any atom is 0.0359 e. The summed E-state index contributed by atoms with van der Waals surface area (Å²) in [6.07, 6.45) is 7.78. The largest absolute Gasteiger partial charge is 0.312 e. The highest BCUT2D eigenvalue weighted by molar-refractivity contribution is 5.03. The van der Waals surface area contributed by atoms with Crippen molar-refractivity contribution >= 4 is 0 Å². The van der Waals surface area contributed by atoms with Gasteiger partial charge in [0.2, 0.25) is 0 Å². The first-order chi connectivity index (χ1) is 8.92. The van der Waals surface area contributed by atoms with Crippen molar-refractivity contribution in [3.8, 4) is 0 Å². The highest BCUT2D eigenvalue weighted by atomic mass is 15.2. The second-order valence-electron chi connectivity index (χ2n) is 6.81. The van der Waals surface area contributed by atoms with E-state index in [2.05, 4.69) is 51.7 Å². The van der Waals surface area contributed by atoms with Gasteiger partial charge >= 0.3 is 0 Å². The number of likely N-dealkylation sites (N-methyl/N-ethyl adjacent to an activating group) is 2. The minimum atomic E-state index is 0.336. The first kappa shape index (κ1) is 16.7. The maximum atomic E-state index is 4.07. The number of allylic oxidation sites excluding steroid dienone is 1. The zero-order valence-electron chi connectivity index (χ0n) is 13.8. The van der Waals surface area contributed by atoms with Crippen molar-refractivity contribution < 1.29 is 0 Å². The molecule has 1 aliphatic carbocycles. The van der Waals surface area contributed by atoms with Crippen LogP contribution in [0.5, 0.6) is 0 Å². The topological polar surface area (TPSA) is 15.3 Å². The Morgan fingerprint density at radius 3 is 2.63 bits per heavy atom. The van der Waals surface area contributed by atoms with Gasteiger partial charge in [0.25, 0.3) is 0 Å². The minimum Gasteiger partial charge on any atom is -0.312 e. The third-order valence-corrected chi connectivity index (χ3v) is 4.86. The molecular weight excluding hydrogens is 232 g/mol. The van der Waals surface area contributed by atoms with Gasteiger partial charge in [-0.1, -0.05) is 32.3 Å². The average molecular weight is 266 g/mol. The van der Waals surface area contributed by atoms with Crippen LogP contribution in [0, 0.1) is 5.92 Å². The summed E-state index contributed by atoms with van der Waals surface area (Å²) in [7, 11) is 4.53. The van der Waals surface area contributed by atoms with Gasteiger partial charge in [0.1, 0.15) is 0 Å². The molecule has 1 N–H and O–H groups in total. The van der Waals surface area contributed by atoms with Crippen molar-refractivity contribution in [2.75, 3.05) is 20.6 Å². The van der Waals surface area contributed by atoms with Gasteiger partial charge in [-0.25, -0.2) is 0 Å². The van der Waals surface area contributed by atoms with Crippen LogP contribution >= 0.6 is 0 Å². The summed E-state index contributed by atoms with van der Waals surface area (Å²) < 4.78 is 0. The number of nitrogens with one attached hydrogen (secondary N) is 1. The predicted octanol–water partition coefficient (Wildman–Crippen LogP) is 3.83. The van der Waals surface area contributed by atoms with E-state index in [4.69, 9.17) is 0 Å². The lowest BCUT2D eigenvalue weighted by Crippen LogP contribution is -2.60. The molecule has 0 aromatic heterocycles. The van der Waals surface area contributed by atoms with E-state index < -0.39 is 0 Å². The van der Waals surface area contributed by atoms with E-state index in [9.17, 15) is 0 Å². The van der Waals surface area contributed by atoms with Crippen molar-refractivity contribution in [1.29, 1.82) is 0 Å². The Morgan fingerprint density at radius 2 is 2.16 bits per heavy atom. The summed E-state index contributed by atoms with van der Waals surface area (Å²) in [6.45, 7) is 11.9. The summed E-state index contributed by atoms with van der Waals surface area (Å²) in [5.41, 5.74) is 1.64. The molecule has 2 nitrogen and oxygen atoms in total. The SMILES string of the molecule is C=C(C)CCC(NCC)C1(N(C)C)CCCC(C)C1. The molecule has 1 rings (SSSR count). The molecule has 3 atom stereocenters. The fraction of sp³-hybridized carbons (Fsp3) is 0.882. The van der Waals surface area contributed by atoms with Crippen LogP contribution in [0.3, 0.4) is 0 Å². The molecule has 112 valence electrons. The van der Waals surface area contributed by atoms with Gasteiger partial charge in [-0.05, 0) is 59.2 Å². The van der Waals surface area contributed by atoms with Crippen molar-refractivity contribution in [2.45, 2.75) is 70.9 Å². The lowest BCUT2D eigenvalue weighted by atomic mass is 9.70. The van der Waals surface area contributed by atoms with Crippen LogP contribution in [-0.4, -0.2) is 37.1 Å². The molecule has 0 amide bonds. The van der Waals surface area contributed by atoms with Gasteiger partial charge in [0.05, 0.1) is 0 Å². The van der Waals surface area contributed by atoms with Gasteiger partial charge in [0.15, 0.2) is 0 Å². The van der Waals surface area contributed by atoms with Crippen molar-refractivity contribution in [3.05, 3.63) is 12.2 Å². The molecule has 2 heteroatoms. The molecule has 0 bridgehead atoms. The zero-order chi connectivity index (χ0) is 14.5. The summed E-state index contributed by atoms with van der Waals surface area (Å²) in [4.78, 5) is 2.49. The van der Waals surface area contributed by atoms with Gasteiger partial charge in [-0.15, -0.1) is 6.58 Å². The molecule has 0 aromatic rings. The standard InChI is InChI=1S/C17H34N2/c1-7-18-16(11-10-14(2)3)17(19(5)6)12-8-9-15(4)13-17/h15-16,18H,2,7-13H2,1,3-6H3. The fourth-order valence-corrected chi connectivity index (χ4v) is 3.80. The van der Waals surface area contributed by atoms with E-state index in [0.717, 1.165) is 18.9 Å². The third kappa shape index (κ3) is 4.32. The third-order valence-electron chi connectivity index (χ3n) is 4.86. The molecular formula is C17H34N2. The van der Waals surface area contributed by atoms with E-state index in [1.807, 2.05) is 0 Å². The molecule has 0 radical (unpaired) electrons. The molecule has 1 fully saturated rings. The lowest BCUT2D eigenvalue weighted by molar-refractivity contribution is 0.0350. The van der Waals surface area contributed by atoms with Crippen LogP contribution in [0.1, 0.15) is 59.3 Å². The summed E-state index contributed by atoms with van der Waals surface area (Å²) in [5.74, 6) is 0.849. The van der Waals surface area contributed by atoms with Crippen LogP contribution in [0.4, 0.5) is 0 Å². The smallest absolute Gasteiger partial charge is 0.0359 e. The fourth-order valence-electron chi connectivity index (χ4n) is 3.80. The van der Waals surface area contributed by atoms with Crippen molar-refractivity contribution in [2.24, 2.45) is 5.92 Å². The molecule has 0 spiro atoms. The van der Waals surface area contributed by atoms with Crippen LogP contribution in [0.25, 0.3) is 0 Å². The Balaban J connectivity index is 2.87. The molecule has 0 aliphatic heterocycles.